The number of carbonyl (C=O) groups is 1. The molecular weight excluding hydrogens is 635 g/mol. The summed E-state index contributed by atoms with van der Waals surface area (Å²) in [5, 5.41) is 10.5. The van der Waals surface area contributed by atoms with Crippen LogP contribution in [0.15, 0.2) is 73.1 Å². The van der Waals surface area contributed by atoms with E-state index in [1.54, 1.807) is 45.4 Å². The molecule has 1 unspecified atom stereocenters. The molecule has 49 heavy (non-hydrogen) atoms. The predicted octanol–water partition coefficient (Wildman–Crippen LogP) is 5.81. The standard InChI is InChI=1S/C39H47N5O4S/c1-26-20-30(12-13-33(26)38(46)42(7)24-29(4)45)35-25-44(37-34(35)11-9-15-40-37)49(47,48)39(5)14-8-10-31(23-39)32-21-27(2)36(28(3)22-32)43-18-16-41(6)17-19-43/h8-13,15,20-23,25,29,45H,14,16-19,24H2,1-7H3/t29-,39?/m1/s1. The Hall–Kier alpha value is -4.25. The van der Waals surface area contributed by atoms with Crippen LogP contribution in [0.4, 0.5) is 5.69 Å². The van der Waals surface area contributed by atoms with Crippen LogP contribution in [0.3, 0.4) is 0 Å². The number of benzene rings is 2. The number of aliphatic hydroxyl groups excluding tert-OH is 1. The molecule has 1 saturated heterocycles. The van der Waals surface area contributed by atoms with Crippen LogP contribution in [0.2, 0.25) is 0 Å². The Morgan fingerprint density at radius 1 is 1.02 bits per heavy atom. The number of rotatable bonds is 8. The Kier molecular flexibility index (Phi) is 9.34. The van der Waals surface area contributed by atoms with Gasteiger partial charge in [0.1, 0.15) is 4.75 Å². The molecule has 2 aliphatic rings. The smallest absolute Gasteiger partial charge is 0.253 e. The zero-order valence-electron chi connectivity index (χ0n) is 29.6. The molecule has 258 valence electrons. The lowest BCUT2D eigenvalue weighted by Gasteiger charge is -2.36. The van der Waals surface area contributed by atoms with Gasteiger partial charge < -0.3 is 19.8 Å². The van der Waals surface area contributed by atoms with Gasteiger partial charge in [-0.05, 0) is 112 Å². The zero-order chi connectivity index (χ0) is 35.2. The van der Waals surface area contributed by atoms with Crippen LogP contribution in [0.5, 0.6) is 0 Å². The van der Waals surface area contributed by atoms with Crippen molar-refractivity contribution in [2.45, 2.75) is 51.9 Å². The number of anilines is 1. The van der Waals surface area contributed by atoms with Crippen molar-refractivity contribution in [3.63, 3.8) is 0 Å². The summed E-state index contributed by atoms with van der Waals surface area (Å²) in [4.78, 5) is 23.9. The van der Waals surface area contributed by atoms with Crippen molar-refractivity contribution in [3.05, 3.63) is 101 Å². The number of nitrogens with zero attached hydrogens (tertiary/aromatic N) is 5. The van der Waals surface area contributed by atoms with Gasteiger partial charge in [-0.2, -0.15) is 0 Å². The van der Waals surface area contributed by atoms with E-state index in [2.05, 4.69) is 47.8 Å². The third-order valence-corrected chi connectivity index (χ3v) is 12.2. The van der Waals surface area contributed by atoms with Gasteiger partial charge in [-0.1, -0.05) is 30.4 Å². The average Bonchev–Trinajstić information content (AvgIpc) is 3.45. The Morgan fingerprint density at radius 3 is 2.35 bits per heavy atom. The number of aliphatic hydroxyl groups is 1. The van der Waals surface area contributed by atoms with E-state index >= 15 is 0 Å². The van der Waals surface area contributed by atoms with E-state index in [4.69, 9.17) is 0 Å². The summed E-state index contributed by atoms with van der Waals surface area (Å²) in [6.45, 7) is 13.8. The quantitative estimate of drug-likeness (QED) is 0.251. The van der Waals surface area contributed by atoms with Crippen LogP contribution in [-0.2, 0) is 10.0 Å². The molecule has 1 aliphatic heterocycles. The molecule has 0 bridgehead atoms. The summed E-state index contributed by atoms with van der Waals surface area (Å²) in [6, 6.07) is 13.6. The van der Waals surface area contributed by atoms with Gasteiger partial charge in [-0.25, -0.2) is 17.4 Å². The van der Waals surface area contributed by atoms with E-state index in [9.17, 15) is 18.3 Å². The van der Waals surface area contributed by atoms with Crippen LogP contribution < -0.4 is 4.90 Å². The molecule has 0 radical (unpaired) electrons. The number of carbonyl (C=O) groups excluding carboxylic acids is 1. The first-order chi connectivity index (χ1) is 23.2. The third kappa shape index (κ3) is 6.45. The van der Waals surface area contributed by atoms with Crippen molar-refractivity contribution >= 4 is 38.2 Å². The number of hydrogen-bond donors (Lipinski definition) is 1. The minimum absolute atomic E-state index is 0.183. The second-order valence-corrected chi connectivity index (χ2v) is 16.3. The lowest BCUT2D eigenvalue weighted by atomic mass is 9.90. The molecule has 9 nitrogen and oxygen atoms in total. The summed E-state index contributed by atoms with van der Waals surface area (Å²) in [5.74, 6) is -0.183. The second-order valence-electron chi connectivity index (χ2n) is 14.1. The van der Waals surface area contributed by atoms with Gasteiger partial charge in [0.25, 0.3) is 5.91 Å². The number of likely N-dealkylation sites (N-methyl/N-ethyl adjacent to an activating group) is 2. The lowest BCUT2D eigenvalue weighted by Crippen LogP contribution is -2.45. The van der Waals surface area contributed by atoms with E-state index in [1.807, 2.05) is 43.4 Å². The Balaban J connectivity index is 1.36. The molecule has 2 aromatic heterocycles. The fourth-order valence-electron chi connectivity index (χ4n) is 7.29. The van der Waals surface area contributed by atoms with Crippen LogP contribution in [0.1, 0.15) is 52.9 Å². The van der Waals surface area contributed by atoms with Crippen molar-refractivity contribution in [3.8, 4) is 11.1 Å². The molecule has 0 spiro atoms. The minimum atomic E-state index is -3.99. The van der Waals surface area contributed by atoms with Gasteiger partial charge in [0, 0.05) is 74.4 Å². The molecule has 2 aromatic carbocycles. The highest BCUT2D eigenvalue weighted by Crippen LogP contribution is 2.40. The number of pyridine rings is 1. The maximum atomic E-state index is 14.7. The maximum Gasteiger partial charge on any atom is 0.253 e. The second kappa shape index (κ2) is 13.2. The molecular formula is C39H47N5O4S. The number of fused-ring (bicyclic) bond motifs is 1. The highest BCUT2D eigenvalue weighted by molar-refractivity contribution is 7.91. The average molecular weight is 682 g/mol. The first-order valence-corrected chi connectivity index (χ1v) is 18.3. The summed E-state index contributed by atoms with van der Waals surface area (Å²) in [6.07, 6.45) is 8.85. The number of piperazine rings is 1. The van der Waals surface area contributed by atoms with E-state index < -0.39 is 20.9 Å². The van der Waals surface area contributed by atoms with Crippen molar-refractivity contribution in [2.75, 3.05) is 51.7 Å². The summed E-state index contributed by atoms with van der Waals surface area (Å²) >= 11 is 0. The Morgan fingerprint density at radius 2 is 1.69 bits per heavy atom. The molecule has 1 N–H and O–H groups in total. The third-order valence-electron chi connectivity index (χ3n) is 9.96. The highest BCUT2D eigenvalue weighted by Gasteiger charge is 2.41. The fourth-order valence-corrected chi connectivity index (χ4v) is 8.94. The van der Waals surface area contributed by atoms with Crippen molar-refractivity contribution in [1.29, 1.82) is 0 Å². The van der Waals surface area contributed by atoms with E-state index in [0.29, 0.717) is 23.0 Å². The van der Waals surface area contributed by atoms with Gasteiger partial charge in [0.2, 0.25) is 10.0 Å². The zero-order valence-corrected chi connectivity index (χ0v) is 30.4. The first kappa shape index (κ1) is 34.6. The molecule has 6 rings (SSSR count). The van der Waals surface area contributed by atoms with Gasteiger partial charge in [-0.3, -0.25) is 4.79 Å². The van der Waals surface area contributed by atoms with Gasteiger partial charge in [0.15, 0.2) is 5.65 Å². The molecule has 1 fully saturated rings. The summed E-state index contributed by atoms with van der Waals surface area (Å²) < 4.78 is 29.5. The van der Waals surface area contributed by atoms with Gasteiger partial charge >= 0.3 is 0 Å². The van der Waals surface area contributed by atoms with Crippen LogP contribution in [-0.4, -0.2) is 95.9 Å². The minimum Gasteiger partial charge on any atom is -0.392 e. The molecule has 2 atom stereocenters. The van der Waals surface area contributed by atoms with Gasteiger partial charge in [0.05, 0.1) is 6.10 Å². The van der Waals surface area contributed by atoms with E-state index in [-0.39, 0.29) is 12.5 Å². The molecule has 0 saturated carbocycles. The topological polar surface area (TPSA) is 99.0 Å². The van der Waals surface area contributed by atoms with Crippen LogP contribution in [0.25, 0.3) is 27.7 Å². The molecule has 10 heteroatoms. The van der Waals surface area contributed by atoms with Crippen molar-refractivity contribution in [1.82, 2.24) is 18.8 Å². The van der Waals surface area contributed by atoms with Crippen LogP contribution >= 0.6 is 0 Å². The largest absolute Gasteiger partial charge is 0.392 e. The predicted molar refractivity (Wildman–Crippen MR) is 199 cm³/mol. The summed E-state index contributed by atoms with van der Waals surface area (Å²) in [7, 11) is -0.170. The van der Waals surface area contributed by atoms with Crippen molar-refractivity contribution in [2.24, 2.45) is 0 Å². The van der Waals surface area contributed by atoms with E-state index in [0.717, 1.165) is 54.0 Å². The SMILES string of the molecule is Cc1cc(-c2cn(S(=O)(=O)C3(C)C=C(c4cc(C)c(N5CCN(C)CC5)c(C)c4)C=CC3)c3ncccc23)ccc1C(=O)N(C)C[C@@H](C)O. The first-order valence-electron chi connectivity index (χ1n) is 16.9. The maximum absolute atomic E-state index is 14.7. The highest BCUT2D eigenvalue weighted by atomic mass is 32.2. The lowest BCUT2D eigenvalue weighted by molar-refractivity contribution is 0.0703. The molecule has 1 aliphatic carbocycles. The fraction of sp³-hybridized carbons (Fsp3) is 0.385. The Bertz CT molecular complexity index is 2070. The number of aromatic nitrogens is 2. The molecule has 3 heterocycles. The van der Waals surface area contributed by atoms with Crippen molar-refractivity contribution < 1.29 is 18.3 Å². The van der Waals surface area contributed by atoms with Crippen LogP contribution in [0, 0.1) is 20.8 Å². The van der Waals surface area contributed by atoms with Gasteiger partial charge in [-0.15, -0.1) is 0 Å². The normalized spacial score (nSPS) is 19.3. The number of hydrogen-bond acceptors (Lipinski definition) is 7. The summed E-state index contributed by atoms with van der Waals surface area (Å²) in [5.41, 5.74) is 8.69. The molecule has 1 amide bonds. The molecule has 4 aromatic rings. The number of allylic oxidation sites excluding steroid dienone is 3. The number of aryl methyl sites for hydroxylation is 3. The Labute approximate surface area is 290 Å². The number of amides is 1. The van der Waals surface area contributed by atoms with E-state index in [1.165, 1.54) is 25.7 Å². The monoisotopic (exact) mass is 681 g/mol.